The van der Waals surface area contributed by atoms with Crippen LogP contribution in [-0.4, -0.2) is 10.9 Å². The summed E-state index contributed by atoms with van der Waals surface area (Å²) in [4.78, 5) is 16.6. The van der Waals surface area contributed by atoms with Crippen LogP contribution in [0.15, 0.2) is 35.7 Å². The molecule has 106 valence electrons. The molecule has 0 aliphatic rings. The fourth-order valence-corrected chi connectivity index (χ4v) is 3.23. The molecule has 1 aromatic carbocycles. The Kier molecular flexibility index (Phi) is 3.76. The average Bonchev–Trinajstić information content (AvgIpc) is 3.05. The summed E-state index contributed by atoms with van der Waals surface area (Å²) >= 11 is 2.53. The van der Waals surface area contributed by atoms with Crippen LogP contribution in [0.2, 0.25) is 0 Å². The number of anilines is 1. The van der Waals surface area contributed by atoms with Gasteiger partial charge >= 0.3 is 0 Å². The second-order valence-electron chi connectivity index (χ2n) is 4.09. The minimum absolute atomic E-state index is 0.0546. The van der Waals surface area contributed by atoms with E-state index in [1.807, 2.05) is 17.5 Å². The van der Waals surface area contributed by atoms with E-state index in [4.69, 9.17) is 0 Å². The molecule has 0 fully saturated rings. The zero-order chi connectivity index (χ0) is 14.8. The van der Waals surface area contributed by atoms with Gasteiger partial charge in [0.15, 0.2) is 10.9 Å². The molecule has 0 aliphatic heterocycles. The number of nitrogens with zero attached hydrogens (tertiary/aromatic N) is 1. The molecule has 0 unspecified atom stereocenters. The molecule has 2 heterocycles. The first kappa shape index (κ1) is 13.8. The van der Waals surface area contributed by atoms with Gasteiger partial charge in [0.05, 0.1) is 4.70 Å². The van der Waals surface area contributed by atoms with E-state index in [1.54, 1.807) is 6.08 Å². The number of hydrogen-bond acceptors (Lipinski definition) is 4. The quantitative estimate of drug-likeness (QED) is 0.731. The molecular formula is C14H8F2N2OS2. The van der Waals surface area contributed by atoms with Gasteiger partial charge in [-0.3, -0.25) is 10.1 Å². The van der Waals surface area contributed by atoms with Gasteiger partial charge in [-0.15, -0.1) is 11.3 Å². The van der Waals surface area contributed by atoms with Gasteiger partial charge < -0.3 is 0 Å². The second-order valence-corrected chi connectivity index (χ2v) is 6.10. The van der Waals surface area contributed by atoms with Crippen LogP contribution in [0.5, 0.6) is 0 Å². The molecule has 1 N–H and O–H groups in total. The van der Waals surface area contributed by atoms with Crippen molar-refractivity contribution in [2.24, 2.45) is 0 Å². The van der Waals surface area contributed by atoms with Crippen molar-refractivity contribution < 1.29 is 13.6 Å². The minimum atomic E-state index is -0.740. The zero-order valence-electron chi connectivity index (χ0n) is 10.5. The Labute approximate surface area is 126 Å². The van der Waals surface area contributed by atoms with Gasteiger partial charge in [0.1, 0.15) is 11.3 Å². The maximum Gasteiger partial charge on any atom is 0.250 e. The van der Waals surface area contributed by atoms with Crippen LogP contribution in [0.25, 0.3) is 16.3 Å². The van der Waals surface area contributed by atoms with E-state index in [-0.39, 0.29) is 16.6 Å². The Hall–Kier alpha value is -2.12. The van der Waals surface area contributed by atoms with Crippen molar-refractivity contribution in [1.82, 2.24) is 4.98 Å². The molecule has 7 heteroatoms. The van der Waals surface area contributed by atoms with E-state index in [2.05, 4.69) is 10.3 Å². The van der Waals surface area contributed by atoms with E-state index in [0.717, 1.165) is 22.3 Å². The van der Waals surface area contributed by atoms with Crippen LogP contribution in [0.4, 0.5) is 13.9 Å². The maximum absolute atomic E-state index is 13.5. The summed E-state index contributed by atoms with van der Waals surface area (Å²) in [5.74, 6) is -1.78. The molecule has 3 aromatic rings. The molecule has 3 nitrogen and oxygen atoms in total. The number of benzene rings is 1. The summed E-state index contributed by atoms with van der Waals surface area (Å²) in [6, 6.07) is 5.72. The number of amides is 1. The minimum Gasteiger partial charge on any atom is -0.298 e. The summed E-state index contributed by atoms with van der Waals surface area (Å²) in [5.41, 5.74) is 0.0546. The largest absolute Gasteiger partial charge is 0.298 e. The molecular weight excluding hydrogens is 314 g/mol. The number of aromatic nitrogens is 1. The highest BCUT2D eigenvalue weighted by atomic mass is 32.1. The Balaban J connectivity index is 1.78. The Morgan fingerprint density at radius 3 is 2.95 bits per heavy atom. The number of hydrogen-bond donors (Lipinski definition) is 1. The normalized spacial score (nSPS) is 11.3. The Morgan fingerprint density at radius 2 is 2.19 bits per heavy atom. The van der Waals surface area contributed by atoms with Gasteiger partial charge in [-0.1, -0.05) is 17.4 Å². The first-order valence-corrected chi connectivity index (χ1v) is 7.59. The van der Waals surface area contributed by atoms with Crippen LogP contribution >= 0.6 is 22.7 Å². The number of carbonyl (C=O) groups excluding carboxylic acids is 1. The third kappa shape index (κ3) is 3.14. The van der Waals surface area contributed by atoms with E-state index in [1.165, 1.54) is 23.5 Å². The highest BCUT2D eigenvalue weighted by Crippen LogP contribution is 2.28. The van der Waals surface area contributed by atoms with Crippen molar-refractivity contribution in [3.63, 3.8) is 0 Å². The molecule has 0 saturated carbocycles. The molecule has 1 amide bonds. The smallest absolute Gasteiger partial charge is 0.250 e. The average molecular weight is 322 g/mol. The SMILES string of the molecule is O=C(/C=C/c1cccs1)Nc1nc2c(F)cc(F)cc2s1. The molecule has 0 atom stereocenters. The third-order valence-electron chi connectivity index (χ3n) is 2.59. The van der Waals surface area contributed by atoms with Crippen molar-refractivity contribution in [3.05, 3.63) is 52.2 Å². The van der Waals surface area contributed by atoms with Crippen LogP contribution in [0, 0.1) is 11.6 Å². The number of thiophene rings is 1. The van der Waals surface area contributed by atoms with Crippen molar-refractivity contribution in [2.45, 2.75) is 0 Å². The van der Waals surface area contributed by atoms with Crippen LogP contribution < -0.4 is 5.32 Å². The van der Waals surface area contributed by atoms with E-state index >= 15 is 0 Å². The predicted octanol–water partition coefficient (Wildman–Crippen LogP) is 4.29. The third-order valence-corrected chi connectivity index (χ3v) is 4.34. The molecule has 0 saturated heterocycles. The number of carbonyl (C=O) groups is 1. The van der Waals surface area contributed by atoms with Gasteiger partial charge in [0.2, 0.25) is 5.91 Å². The molecule has 0 spiro atoms. The number of nitrogens with one attached hydrogen (secondary N) is 1. The first-order valence-electron chi connectivity index (χ1n) is 5.90. The predicted molar refractivity (Wildman–Crippen MR) is 81.5 cm³/mol. The fraction of sp³-hybridized carbons (Fsp3) is 0. The second kappa shape index (κ2) is 5.71. The number of halogens is 2. The monoisotopic (exact) mass is 322 g/mol. The summed E-state index contributed by atoms with van der Waals surface area (Å²) in [5, 5.41) is 4.67. The van der Waals surface area contributed by atoms with E-state index < -0.39 is 11.6 Å². The van der Waals surface area contributed by atoms with Crippen molar-refractivity contribution in [2.75, 3.05) is 5.32 Å². The fourth-order valence-electron chi connectivity index (χ4n) is 1.70. The molecule has 0 aliphatic carbocycles. The van der Waals surface area contributed by atoms with Gasteiger partial charge in [0.25, 0.3) is 0 Å². The number of fused-ring (bicyclic) bond motifs is 1. The summed E-state index contributed by atoms with van der Waals surface area (Å²) < 4.78 is 27.0. The lowest BCUT2D eigenvalue weighted by molar-refractivity contribution is -0.111. The molecule has 0 radical (unpaired) electrons. The Morgan fingerprint density at radius 1 is 1.33 bits per heavy atom. The van der Waals surface area contributed by atoms with Gasteiger partial charge in [0, 0.05) is 17.0 Å². The van der Waals surface area contributed by atoms with Crippen LogP contribution in [-0.2, 0) is 4.79 Å². The lowest BCUT2D eigenvalue weighted by atomic mass is 10.3. The van der Waals surface area contributed by atoms with E-state index in [0.29, 0.717) is 4.70 Å². The van der Waals surface area contributed by atoms with E-state index in [9.17, 15) is 13.6 Å². The standard InChI is InChI=1S/C14H8F2N2OS2/c15-8-6-10(16)13-11(7-8)21-14(18-13)17-12(19)4-3-9-2-1-5-20-9/h1-7H,(H,17,18,19)/b4-3+. The summed E-state index contributed by atoms with van der Waals surface area (Å²) in [6.07, 6.45) is 3.04. The number of thiazole rings is 1. The first-order chi connectivity index (χ1) is 10.1. The maximum atomic E-state index is 13.5. The lowest BCUT2D eigenvalue weighted by Gasteiger charge is -1.94. The zero-order valence-corrected chi connectivity index (χ0v) is 12.1. The highest BCUT2D eigenvalue weighted by molar-refractivity contribution is 7.22. The van der Waals surface area contributed by atoms with Crippen molar-refractivity contribution in [1.29, 1.82) is 0 Å². The van der Waals surface area contributed by atoms with Crippen molar-refractivity contribution in [3.8, 4) is 0 Å². The van der Waals surface area contributed by atoms with Gasteiger partial charge in [-0.2, -0.15) is 0 Å². The molecule has 3 rings (SSSR count). The highest BCUT2D eigenvalue weighted by Gasteiger charge is 2.11. The summed E-state index contributed by atoms with van der Waals surface area (Å²) in [7, 11) is 0. The summed E-state index contributed by atoms with van der Waals surface area (Å²) in [6.45, 7) is 0. The number of rotatable bonds is 3. The lowest BCUT2D eigenvalue weighted by Crippen LogP contribution is -2.07. The molecule has 0 bridgehead atoms. The molecule has 2 aromatic heterocycles. The van der Waals surface area contributed by atoms with Gasteiger partial charge in [-0.05, 0) is 23.6 Å². The molecule has 21 heavy (non-hydrogen) atoms. The van der Waals surface area contributed by atoms with Crippen molar-refractivity contribution >= 4 is 50.0 Å². The Bertz CT molecular complexity index is 825. The van der Waals surface area contributed by atoms with Crippen LogP contribution in [0.1, 0.15) is 4.88 Å². The van der Waals surface area contributed by atoms with Crippen LogP contribution in [0.3, 0.4) is 0 Å². The van der Waals surface area contributed by atoms with Gasteiger partial charge in [-0.25, -0.2) is 13.8 Å². The topological polar surface area (TPSA) is 42.0 Å².